The van der Waals surface area contributed by atoms with E-state index in [9.17, 15) is 9.59 Å². The van der Waals surface area contributed by atoms with Crippen molar-refractivity contribution in [3.63, 3.8) is 0 Å². The molecule has 2 aromatic carbocycles. The first-order valence-electron chi connectivity index (χ1n) is 12.0. The second-order valence-corrected chi connectivity index (χ2v) is 8.79. The highest BCUT2D eigenvalue weighted by Crippen LogP contribution is 2.22. The molecule has 0 bridgehead atoms. The van der Waals surface area contributed by atoms with E-state index in [1.165, 1.54) is 21.1 Å². The maximum Gasteiger partial charge on any atom is 0.284 e. The Morgan fingerprint density at radius 2 is 1.80 bits per heavy atom. The van der Waals surface area contributed by atoms with Crippen molar-refractivity contribution in [1.82, 2.24) is 29.4 Å². The van der Waals surface area contributed by atoms with Crippen LogP contribution in [0.25, 0.3) is 16.9 Å². The van der Waals surface area contributed by atoms with Gasteiger partial charge in [0.05, 0.1) is 12.3 Å². The second kappa shape index (κ2) is 10.1. The molecule has 9 heteroatoms. The molecular weight excluding hydrogens is 444 g/mol. The zero-order valence-electron chi connectivity index (χ0n) is 19.7. The van der Waals surface area contributed by atoms with Crippen LogP contribution in [0.4, 0.5) is 0 Å². The topological polar surface area (TPSA) is 95.1 Å². The average Bonchev–Trinajstić information content (AvgIpc) is 3.32. The van der Waals surface area contributed by atoms with E-state index >= 15 is 0 Å². The van der Waals surface area contributed by atoms with E-state index in [2.05, 4.69) is 39.6 Å². The second-order valence-electron chi connectivity index (χ2n) is 8.79. The quantitative estimate of drug-likeness (QED) is 0.411. The molecule has 180 valence electrons. The lowest BCUT2D eigenvalue weighted by molar-refractivity contribution is -0.133. The Morgan fingerprint density at radius 3 is 2.51 bits per heavy atom. The highest BCUT2D eigenvalue weighted by molar-refractivity contribution is 5.77. The predicted molar refractivity (Wildman–Crippen MR) is 132 cm³/mol. The van der Waals surface area contributed by atoms with E-state index in [0.29, 0.717) is 31.3 Å². The monoisotopic (exact) mass is 472 g/mol. The molecule has 4 aromatic rings. The first-order chi connectivity index (χ1) is 17.1. The van der Waals surface area contributed by atoms with E-state index in [4.69, 9.17) is 4.74 Å². The first-order valence-corrected chi connectivity index (χ1v) is 12.0. The summed E-state index contributed by atoms with van der Waals surface area (Å²) in [5.74, 6) is 1.24. The van der Waals surface area contributed by atoms with Crippen molar-refractivity contribution in [3.8, 4) is 11.4 Å². The van der Waals surface area contributed by atoms with Crippen LogP contribution in [-0.2, 0) is 17.8 Å². The number of hydrogen-bond acceptors (Lipinski definition) is 6. The zero-order chi connectivity index (χ0) is 24.2. The molecule has 2 aromatic heterocycles. The third-order valence-electron chi connectivity index (χ3n) is 6.46. The number of hydrogen-bond donors (Lipinski definition) is 0. The van der Waals surface area contributed by atoms with Gasteiger partial charge in [-0.25, -0.2) is 4.98 Å². The van der Waals surface area contributed by atoms with Gasteiger partial charge < -0.3 is 9.64 Å². The van der Waals surface area contributed by atoms with Crippen molar-refractivity contribution in [1.29, 1.82) is 0 Å². The van der Waals surface area contributed by atoms with Gasteiger partial charge in [-0.2, -0.15) is 4.68 Å². The summed E-state index contributed by atoms with van der Waals surface area (Å²) >= 11 is 0. The summed E-state index contributed by atoms with van der Waals surface area (Å²) in [7, 11) is 0. The maximum atomic E-state index is 13.0. The molecule has 0 unspecified atom stereocenters. The number of benzene rings is 2. The third-order valence-corrected chi connectivity index (χ3v) is 6.46. The van der Waals surface area contributed by atoms with E-state index < -0.39 is 0 Å². The third kappa shape index (κ3) is 4.94. The summed E-state index contributed by atoms with van der Waals surface area (Å²) in [6.07, 6.45) is 4.36. The molecule has 1 saturated heterocycles. The molecular formula is C26H28N6O3. The fourth-order valence-electron chi connectivity index (χ4n) is 4.56. The number of rotatable bonds is 7. The fraction of sp³-hybridized carbons (Fsp3) is 0.346. The molecule has 1 fully saturated rings. The smallest absolute Gasteiger partial charge is 0.284 e. The van der Waals surface area contributed by atoms with Crippen molar-refractivity contribution in [2.45, 2.75) is 32.7 Å². The maximum absolute atomic E-state index is 13.0. The standard InChI is InChI=1S/C26H28N6O3/c1-2-35-22-10-8-21(9-11-22)32-25-24(28-29-32)26(34)31(18-27-25)17-23(33)30-14-12-20(13-15-30)16-19-6-4-3-5-7-19/h3-11,18,20H,2,12-17H2,1H3. The van der Waals surface area contributed by atoms with E-state index in [1.807, 2.05) is 42.2 Å². The van der Waals surface area contributed by atoms with Crippen LogP contribution < -0.4 is 10.3 Å². The number of amides is 1. The van der Waals surface area contributed by atoms with Crippen LogP contribution in [0.3, 0.4) is 0 Å². The number of fused-ring (bicyclic) bond motifs is 1. The summed E-state index contributed by atoms with van der Waals surface area (Å²) < 4.78 is 8.30. The van der Waals surface area contributed by atoms with Gasteiger partial charge in [0.2, 0.25) is 5.91 Å². The van der Waals surface area contributed by atoms with Gasteiger partial charge in [0, 0.05) is 13.1 Å². The number of nitrogens with zero attached hydrogens (tertiary/aromatic N) is 6. The van der Waals surface area contributed by atoms with Gasteiger partial charge in [0.1, 0.15) is 18.6 Å². The number of piperidine rings is 1. The van der Waals surface area contributed by atoms with Gasteiger partial charge in [-0.15, -0.1) is 5.10 Å². The van der Waals surface area contributed by atoms with E-state index in [1.54, 1.807) is 0 Å². The molecule has 0 spiro atoms. The molecule has 0 N–H and O–H groups in total. The highest BCUT2D eigenvalue weighted by atomic mass is 16.5. The van der Waals surface area contributed by atoms with E-state index in [-0.39, 0.29) is 23.5 Å². The van der Waals surface area contributed by atoms with Crippen molar-refractivity contribution in [2.75, 3.05) is 19.7 Å². The molecule has 3 heterocycles. The summed E-state index contributed by atoms with van der Waals surface area (Å²) in [6.45, 7) is 3.86. The lowest BCUT2D eigenvalue weighted by Crippen LogP contribution is -2.42. The lowest BCUT2D eigenvalue weighted by Gasteiger charge is -2.32. The summed E-state index contributed by atoms with van der Waals surface area (Å²) in [6, 6.07) is 17.8. The molecule has 1 aliphatic rings. The van der Waals surface area contributed by atoms with Crippen LogP contribution in [0.5, 0.6) is 5.75 Å². The summed E-state index contributed by atoms with van der Waals surface area (Å²) in [5, 5.41) is 8.15. The Balaban J connectivity index is 1.25. The molecule has 0 saturated carbocycles. The Labute approximate surface area is 203 Å². The number of aromatic nitrogens is 5. The number of ether oxygens (including phenoxy) is 1. The SMILES string of the molecule is CCOc1ccc(-n2nnc3c(=O)n(CC(=O)N4CCC(Cc5ccccc5)CC4)cnc32)cc1. The zero-order valence-corrected chi connectivity index (χ0v) is 19.7. The van der Waals surface area contributed by atoms with Crippen LogP contribution in [0.1, 0.15) is 25.3 Å². The Hall–Kier alpha value is -4.01. The summed E-state index contributed by atoms with van der Waals surface area (Å²) in [5.41, 5.74) is 2.16. The van der Waals surface area contributed by atoms with Gasteiger partial charge in [0.25, 0.3) is 5.56 Å². The Kier molecular flexibility index (Phi) is 6.56. The van der Waals surface area contributed by atoms with Crippen LogP contribution in [-0.4, -0.2) is 55.0 Å². The molecule has 5 rings (SSSR count). The van der Waals surface area contributed by atoms with Crippen molar-refractivity contribution in [3.05, 3.63) is 76.8 Å². The average molecular weight is 473 g/mol. The van der Waals surface area contributed by atoms with Crippen LogP contribution in [0.15, 0.2) is 65.7 Å². The predicted octanol–water partition coefficient (Wildman–Crippen LogP) is 2.86. The van der Waals surface area contributed by atoms with E-state index in [0.717, 1.165) is 30.7 Å². The summed E-state index contributed by atoms with van der Waals surface area (Å²) in [4.78, 5) is 32.2. The number of likely N-dealkylation sites (tertiary alicyclic amines) is 1. The van der Waals surface area contributed by atoms with Crippen molar-refractivity contribution < 1.29 is 9.53 Å². The van der Waals surface area contributed by atoms with Crippen LogP contribution >= 0.6 is 0 Å². The molecule has 9 nitrogen and oxygen atoms in total. The normalized spacial score (nSPS) is 14.4. The molecule has 1 aliphatic heterocycles. The highest BCUT2D eigenvalue weighted by Gasteiger charge is 2.24. The lowest BCUT2D eigenvalue weighted by atomic mass is 9.90. The molecule has 0 aliphatic carbocycles. The number of carbonyl (C=O) groups is 1. The number of carbonyl (C=O) groups excluding carboxylic acids is 1. The molecule has 0 atom stereocenters. The van der Waals surface area contributed by atoms with Crippen molar-refractivity contribution >= 4 is 17.1 Å². The fourth-order valence-corrected chi connectivity index (χ4v) is 4.56. The first kappa shape index (κ1) is 22.8. The van der Waals surface area contributed by atoms with Gasteiger partial charge in [-0.3, -0.25) is 14.2 Å². The Bertz CT molecular complexity index is 1360. The van der Waals surface area contributed by atoms with Gasteiger partial charge in [-0.05, 0) is 61.9 Å². The van der Waals surface area contributed by atoms with Crippen LogP contribution in [0, 0.1) is 5.92 Å². The largest absolute Gasteiger partial charge is 0.494 e. The van der Waals surface area contributed by atoms with Crippen molar-refractivity contribution in [2.24, 2.45) is 5.92 Å². The minimum atomic E-state index is -0.375. The van der Waals surface area contributed by atoms with Gasteiger partial charge in [0.15, 0.2) is 11.2 Å². The minimum absolute atomic E-state index is 0.0545. The minimum Gasteiger partial charge on any atom is -0.494 e. The Morgan fingerprint density at radius 1 is 1.06 bits per heavy atom. The van der Waals surface area contributed by atoms with Crippen LogP contribution in [0.2, 0.25) is 0 Å². The molecule has 0 radical (unpaired) electrons. The molecule has 1 amide bonds. The molecule has 35 heavy (non-hydrogen) atoms. The van der Waals surface area contributed by atoms with Gasteiger partial charge in [-0.1, -0.05) is 35.5 Å². The van der Waals surface area contributed by atoms with Gasteiger partial charge >= 0.3 is 0 Å².